The van der Waals surface area contributed by atoms with Crippen LogP contribution in [0.15, 0.2) is 28.8 Å². The third-order valence-electron chi connectivity index (χ3n) is 3.20. The molecule has 0 unspecified atom stereocenters. The molecule has 0 radical (unpaired) electrons. The fourth-order valence-electron chi connectivity index (χ4n) is 2.12. The van der Waals surface area contributed by atoms with Crippen molar-refractivity contribution < 1.29 is 35.7 Å². The van der Waals surface area contributed by atoms with Crippen LogP contribution < -0.4 is 5.32 Å². The summed E-state index contributed by atoms with van der Waals surface area (Å²) in [4.78, 5) is 11.4. The van der Waals surface area contributed by atoms with Gasteiger partial charge in [0.05, 0.1) is 17.5 Å². The van der Waals surface area contributed by atoms with Crippen molar-refractivity contribution in [3.05, 3.63) is 41.2 Å². The number of nitrogens with zero attached hydrogens (tertiary/aromatic N) is 1. The lowest BCUT2D eigenvalue weighted by molar-refractivity contribution is -0.142. The van der Waals surface area contributed by atoms with Gasteiger partial charge in [0.15, 0.2) is 0 Å². The number of amides is 1. The van der Waals surface area contributed by atoms with Crippen molar-refractivity contribution >= 4 is 5.91 Å². The van der Waals surface area contributed by atoms with Crippen molar-refractivity contribution in [2.45, 2.75) is 25.7 Å². The molecular weight excluding hydrogens is 354 g/mol. The minimum Gasteiger partial charge on any atom is -0.360 e. The van der Waals surface area contributed by atoms with Crippen molar-refractivity contribution in [3.8, 4) is 11.3 Å². The molecule has 10 heteroatoms. The third kappa shape index (κ3) is 4.52. The molecule has 0 saturated carbocycles. The molecule has 2 aromatic rings. The summed E-state index contributed by atoms with van der Waals surface area (Å²) in [5.74, 6) is -0.428. The Morgan fingerprint density at radius 3 is 2.36 bits per heavy atom. The van der Waals surface area contributed by atoms with E-state index in [9.17, 15) is 31.1 Å². The predicted octanol–water partition coefficient (Wildman–Crippen LogP) is 4.06. The predicted molar refractivity (Wildman–Crippen MR) is 74.3 cm³/mol. The summed E-state index contributed by atoms with van der Waals surface area (Å²) < 4.78 is 82.2. The number of likely N-dealkylation sites (N-methyl/N-ethyl adjacent to an activating group) is 1. The second kappa shape index (κ2) is 6.77. The molecular formula is C15H12F6N2O2. The number of aromatic nitrogens is 1. The molecule has 1 heterocycles. The van der Waals surface area contributed by atoms with Crippen LogP contribution >= 0.6 is 0 Å². The highest BCUT2D eigenvalue weighted by Gasteiger charge is 2.38. The first-order chi connectivity index (χ1) is 11.5. The Labute approximate surface area is 137 Å². The molecule has 136 valence electrons. The smallest absolute Gasteiger partial charge is 0.360 e. The number of carbonyl (C=O) groups is 1. The van der Waals surface area contributed by atoms with E-state index in [-0.39, 0.29) is 23.9 Å². The molecule has 0 saturated heterocycles. The first kappa shape index (κ1) is 18.8. The Bertz CT molecular complexity index is 764. The van der Waals surface area contributed by atoms with Gasteiger partial charge in [-0.25, -0.2) is 0 Å². The molecule has 0 aliphatic carbocycles. The largest absolute Gasteiger partial charge is 0.417 e. The van der Waals surface area contributed by atoms with E-state index in [0.29, 0.717) is 18.7 Å². The standard InChI is InChI=1S/C15H12F6N2O2/c1-2-22-13(24)7-9-6-12(23-25-9)10-4-3-8(14(16,17)18)5-11(10)15(19,20)21/h3-6H,2,7H2,1H3,(H,22,24). The molecule has 1 N–H and O–H groups in total. The van der Waals surface area contributed by atoms with Gasteiger partial charge in [0, 0.05) is 18.2 Å². The summed E-state index contributed by atoms with van der Waals surface area (Å²) in [6.45, 7) is 2.04. The summed E-state index contributed by atoms with van der Waals surface area (Å²) in [7, 11) is 0. The topological polar surface area (TPSA) is 55.1 Å². The van der Waals surface area contributed by atoms with Gasteiger partial charge in [-0.3, -0.25) is 4.79 Å². The summed E-state index contributed by atoms with van der Waals surface area (Å²) in [6, 6.07) is 2.32. The van der Waals surface area contributed by atoms with Crippen molar-refractivity contribution in [1.29, 1.82) is 0 Å². The maximum atomic E-state index is 13.1. The maximum absolute atomic E-state index is 13.1. The Balaban J connectivity index is 2.42. The third-order valence-corrected chi connectivity index (χ3v) is 3.20. The van der Waals surface area contributed by atoms with Crippen LogP contribution in [0.3, 0.4) is 0 Å². The molecule has 0 atom stereocenters. The molecule has 0 fully saturated rings. The molecule has 25 heavy (non-hydrogen) atoms. The van der Waals surface area contributed by atoms with E-state index in [2.05, 4.69) is 10.5 Å². The van der Waals surface area contributed by atoms with Crippen molar-refractivity contribution in [2.75, 3.05) is 6.54 Å². The summed E-state index contributed by atoms with van der Waals surface area (Å²) in [5.41, 5.74) is -3.78. The van der Waals surface area contributed by atoms with Crippen LogP contribution in [0.5, 0.6) is 0 Å². The van der Waals surface area contributed by atoms with Crippen LogP contribution in [-0.4, -0.2) is 17.6 Å². The van der Waals surface area contributed by atoms with Gasteiger partial charge in [-0.1, -0.05) is 11.2 Å². The lowest BCUT2D eigenvalue weighted by Gasteiger charge is -2.14. The molecule has 0 aliphatic heterocycles. The van der Waals surface area contributed by atoms with E-state index in [1.807, 2.05) is 0 Å². The first-order valence-electron chi connectivity index (χ1n) is 7.03. The highest BCUT2D eigenvalue weighted by Crippen LogP contribution is 2.40. The molecule has 0 spiro atoms. The fraction of sp³-hybridized carbons (Fsp3) is 0.333. The Morgan fingerprint density at radius 1 is 1.12 bits per heavy atom. The Hall–Kier alpha value is -2.52. The number of hydrogen-bond donors (Lipinski definition) is 1. The van der Waals surface area contributed by atoms with E-state index in [1.54, 1.807) is 6.92 Å². The van der Waals surface area contributed by atoms with Crippen LogP contribution in [-0.2, 0) is 23.6 Å². The van der Waals surface area contributed by atoms with Gasteiger partial charge in [0.25, 0.3) is 0 Å². The van der Waals surface area contributed by atoms with E-state index < -0.39 is 35.0 Å². The normalized spacial score (nSPS) is 12.3. The summed E-state index contributed by atoms with van der Waals surface area (Å²) >= 11 is 0. The zero-order valence-electron chi connectivity index (χ0n) is 12.8. The Kier molecular flexibility index (Phi) is 5.09. The molecule has 0 aliphatic rings. The van der Waals surface area contributed by atoms with Crippen LogP contribution in [0.4, 0.5) is 26.3 Å². The van der Waals surface area contributed by atoms with Crippen LogP contribution in [0.2, 0.25) is 0 Å². The number of benzene rings is 1. The van der Waals surface area contributed by atoms with Crippen LogP contribution in [0.25, 0.3) is 11.3 Å². The van der Waals surface area contributed by atoms with Gasteiger partial charge in [0.1, 0.15) is 11.5 Å². The minimum absolute atomic E-state index is 0.00558. The Morgan fingerprint density at radius 2 is 1.80 bits per heavy atom. The van der Waals surface area contributed by atoms with E-state index in [4.69, 9.17) is 4.52 Å². The first-order valence-corrected chi connectivity index (χ1v) is 7.03. The number of rotatable bonds is 4. The van der Waals surface area contributed by atoms with Crippen molar-refractivity contribution in [3.63, 3.8) is 0 Å². The average Bonchev–Trinajstić information content (AvgIpc) is 2.93. The lowest BCUT2D eigenvalue weighted by atomic mass is 10.0. The van der Waals surface area contributed by atoms with Crippen LogP contribution in [0.1, 0.15) is 23.8 Å². The zero-order valence-corrected chi connectivity index (χ0v) is 12.8. The highest BCUT2D eigenvalue weighted by atomic mass is 19.4. The number of halogens is 6. The van der Waals surface area contributed by atoms with Gasteiger partial charge >= 0.3 is 12.4 Å². The van der Waals surface area contributed by atoms with Crippen molar-refractivity contribution in [2.24, 2.45) is 0 Å². The number of hydrogen-bond acceptors (Lipinski definition) is 3. The highest BCUT2D eigenvalue weighted by molar-refractivity contribution is 5.78. The van der Waals surface area contributed by atoms with Gasteiger partial charge < -0.3 is 9.84 Å². The van der Waals surface area contributed by atoms with Gasteiger partial charge in [0.2, 0.25) is 5.91 Å². The van der Waals surface area contributed by atoms with Crippen LogP contribution in [0, 0.1) is 0 Å². The van der Waals surface area contributed by atoms with E-state index >= 15 is 0 Å². The quantitative estimate of drug-likeness (QED) is 0.831. The average molecular weight is 366 g/mol. The molecule has 2 rings (SSSR count). The molecule has 4 nitrogen and oxygen atoms in total. The van der Waals surface area contributed by atoms with E-state index in [1.165, 1.54) is 0 Å². The monoisotopic (exact) mass is 366 g/mol. The maximum Gasteiger partial charge on any atom is 0.417 e. The molecule has 1 amide bonds. The number of alkyl halides is 6. The summed E-state index contributed by atoms with van der Waals surface area (Å²) in [5, 5.41) is 5.90. The van der Waals surface area contributed by atoms with Gasteiger partial charge in [-0.15, -0.1) is 0 Å². The number of nitrogens with one attached hydrogen (secondary N) is 1. The second-order valence-electron chi connectivity index (χ2n) is 5.06. The van der Waals surface area contributed by atoms with E-state index in [0.717, 1.165) is 6.07 Å². The summed E-state index contributed by atoms with van der Waals surface area (Å²) in [6.07, 6.45) is -10.2. The minimum atomic E-state index is -5.02. The molecule has 0 bridgehead atoms. The second-order valence-corrected chi connectivity index (χ2v) is 5.06. The molecule has 1 aromatic heterocycles. The van der Waals surface area contributed by atoms with Gasteiger partial charge in [-0.2, -0.15) is 26.3 Å². The molecule has 1 aromatic carbocycles. The fourth-order valence-corrected chi connectivity index (χ4v) is 2.12. The zero-order chi connectivity index (χ0) is 18.8. The SMILES string of the molecule is CCNC(=O)Cc1cc(-c2ccc(C(F)(F)F)cc2C(F)(F)F)no1. The van der Waals surface area contributed by atoms with Crippen molar-refractivity contribution in [1.82, 2.24) is 10.5 Å². The number of carbonyl (C=O) groups excluding carboxylic acids is 1. The van der Waals surface area contributed by atoms with Gasteiger partial charge in [-0.05, 0) is 19.1 Å². The lowest BCUT2D eigenvalue weighted by Crippen LogP contribution is -2.24.